The van der Waals surface area contributed by atoms with Crippen molar-refractivity contribution in [2.24, 2.45) is 0 Å². The molecule has 1 aromatic heterocycles. The second kappa shape index (κ2) is 5.59. The van der Waals surface area contributed by atoms with E-state index in [0.29, 0.717) is 6.61 Å². The number of hydrogen-bond donors (Lipinski definition) is 0. The van der Waals surface area contributed by atoms with Gasteiger partial charge < -0.3 is 4.74 Å². The molecule has 4 nitrogen and oxygen atoms in total. The Morgan fingerprint density at radius 3 is 2.71 bits per heavy atom. The van der Waals surface area contributed by atoms with E-state index >= 15 is 0 Å². The first-order valence-electron chi connectivity index (χ1n) is 5.36. The van der Waals surface area contributed by atoms with Crippen molar-refractivity contribution in [1.82, 2.24) is 14.8 Å². The minimum absolute atomic E-state index is 0.199. The van der Waals surface area contributed by atoms with Crippen molar-refractivity contribution in [2.45, 2.75) is 13.0 Å². The van der Waals surface area contributed by atoms with Crippen LogP contribution in [0.5, 0.6) is 0 Å². The van der Waals surface area contributed by atoms with Crippen LogP contribution in [-0.4, -0.2) is 28.5 Å². The van der Waals surface area contributed by atoms with E-state index in [4.69, 9.17) is 4.74 Å². The molecule has 1 unspecified atom stereocenters. The number of ether oxygens (including phenoxy) is 1. The molecule has 0 saturated carbocycles. The van der Waals surface area contributed by atoms with Crippen molar-refractivity contribution in [2.75, 3.05) is 13.7 Å². The highest BCUT2D eigenvalue weighted by atomic mass is 127. The third-order valence-corrected chi connectivity index (χ3v) is 3.19. The fourth-order valence-corrected chi connectivity index (χ4v) is 1.90. The molecule has 0 fully saturated rings. The van der Waals surface area contributed by atoms with Crippen LogP contribution in [0, 0.1) is 3.57 Å². The summed E-state index contributed by atoms with van der Waals surface area (Å²) in [4.78, 5) is 4.31. The van der Waals surface area contributed by atoms with Gasteiger partial charge in [-0.15, -0.1) is 0 Å². The van der Waals surface area contributed by atoms with Gasteiger partial charge in [-0.2, -0.15) is 5.10 Å². The summed E-state index contributed by atoms with van der Waals surface area (Å²) in [5, 5.41) is 4.45. The molecule has 0 amide bonds. The lowest BCUT2D eigenvalue weighted by atomic mass is 10.2. The van der Waals surface area contributed by atoms with Gasteiger partial charge in [-0.3, -0.25) is 0 Å². The third-order valence-electron chi connectivity index (χ3n) is 2.47. The largest absolute Gasteiger partial charge is 0.382 e. The van der Waals surface area contributed by atoms with Crippen LogP contribution in [0.25, 0.3) is 11.4 Å². The fraction of sp³-hybridized carbons (Fsp3) is 0.333. The van der Waals surface area contributed by atoms with Crippen LogP contribution in [0.4, 0.5) is 0 Å². The Kier molecular flexibility index (Phi) is 4.11. The van der Waals surface area contributed by atoms with E-state index < -0.39 is 0 Å². The first-order valence-corrected chi connectivity index (χ1v) is 6.44. The van der Waals surface area contributed by atoms with Crippen LogP contribution in [0.1, 0.15) is 13.0 Å². The number of benzene rings is 1. The summed E-state index contributed by atoms with van der Waals surface area (Å²) < 4.78 is 8.14. The van der Waals surface area contributed by atoms with Gasteiger partial charge in [0.05, 0.1) is 12.6 Å². The molecule has 5 heteroatoms. The highest BCUT2D eigenvalue weighted by molar-refractivity contribution is 14.1. The Labute approximate surface area is 114 Å². The molecule has 2 aromatic rings. The molecule has 0 radical (unpaired) electrons. The van der Waals surface area contributed by atoms with E-state index in [1.165, 1.54) is 3.57 Å². The molecular formula is C12H14IN3O. The summed E-state index contributed by atoms with van der Waals surface area (Å²) in [5.41, 5.74) is 1.04. The normalized spacial score (nSPS) is 12.6. The molecule has 0 aliphatic rings. The van der Waals surface area contributed by atoms with E-state index in [1.807, 2.05) is 16.8 Å². The van der Waals surface area contributed by atoms with Crippen LogP contribution in [-0.2, 0) is 4.74 Å². The monoisotopic (exact) mass is 343 g/mol. The van der Waals surface area contributed by atoms with Gasteiger partial charge in [-0.25, -0.2) is 9.67 Å². The Bertz CT molecular complexity index is 481. The van der Waals surface area contributed by atoms with Gasteiger partial charge in [0.15, 0.2) is 5.82 Å². The van der Waals surface area contributed by atoms with Crippen molar-refractivity contribution in [3.05, 3.63) is 34.2 Å². The Hall–Kier alpha value is -0.950. The second-order valence-corrected chi connectivity index (χ2v) is 5.11. The number of rotatable bonds is 4. The van der Waals surface area contributed by atoms with Gasteiger partial charge in [0, 0.05) is 16.2 Å². The predicted octanol–water partition coefficient (Wildman–Crippen LogP) is 2.76. The number of methoxy groups -OCH3 is 1. The number of nitrogens with zero attached hydrogens (tertiary/aromatic N) is 3. The zero-order valence-electron chi connectivity index (χ0n) is 9.80. The van der Waals surface area contributed by atoms with Crippen molar-refractivity contribution in [3.8, 4) is 11.4 Å². The standard InChI is InChI=1S/C12H14IN3O/c1-9(7-17-2)16-8-14-12(15-16)10-3-5-11(13)6-4-10/h3-6,8-9H,7H2,1-2H3. The molecule has 1 aromatic carbocycles. The number of hydrogen-bond acceptors (Lipinski definition) is 3. The zero-order chi connectivity index (χ0) is 12.3. The highest BCUT2D eigenvalue weighted by Crippen LogP contribution is 2.17. The maximum atomic E-state index is 5.10. The van der Waals surface area contributed by atoms with Gasteiger partial charge in [0.1, 0.15) is 6.33 Å². The molecule has 1 atom stereocenters. The first kappa shape index (κ1) is 12.5. The molecule has 17 heavy (non-hydrogen) atoms. The molecule has 1 heterocycles. The van der Waals surface area contributed by atoms with Crippen LogP contribution in [0.2, 0.25) is 0 Å². The number of halogens is 1. The summed E-state index contributed by atoms with van der Waals surface area (Å²) in [6, 6.07) is 8.36. The maximum absolute atomic E-state index is 5.10. The van der Waals surface area contributed by atoms with Crippen molar-refractivity contribution >= 4 is 22.6 Å². The van der Waals surface area contributed by atoms with Crippen LogP contribution >= 0.6 is 22.6 Å². The van der Waals surface area contributed by atoms with Gasteiger partial charge in [0.25, 0.3) is 0 Å². The lowest BCUT2D eigenvalue weighted by Crippen LogP contribution is -2.11. The molecule has 2 rings (SSSR count). The average Bonchev–Trinajstić information content (AvgIpc) is 2.80. The Morgan fingerprint density at radius 1 is 1.35 bits per heavy atom. The Balaban J connectivity index is 2.20. The quantitative estimate of drug-likeness (QED) is 0.802. The van der Waals surface area contributed by atoms with E-state index in [-0.39, 0.29) is 6.04 Å². The van der Waals surface area contributed by atoms with E-state index in [0.717, 1.165) is 11.4 Å². The summed E-state index contributed by atoms with van der Waals surface area (Å²) in [5.74, 6) is 0.754. The summed E-state index contributed by atoms with van der Waals surface area (Å²) in [7, 11) is 1.69. The van der Waals surface area contributed by atoms with E-state index in [1.54, 1.807) is 13.4 Å². The minimum atomic E-state index is 0.199. The van der Waals surface area contributed by atoms with Gasteiger partial charge in [0.2, 0.25) is 0 Å². The van der Waals surface area contributed by atoms with Crippen LogP contribution < -0.4 is 0 Å². The molecule has 0 bridgehead atoms. The molecule has 0 saturated heterocycles. The minimum Gasteiger partial charge on any atom is -0.382 e. The fourth-order valence-electron chi connectivity index (χ4n) is 1.54. The summed E-state index contributed by atoms with van der Waals surface area (Å²) in [6.07, 6.45) is 1.75. The van der Waals surface area contributed by atoms with E-state index in [9.17, 15) is 0 Å². The highest BCUT2D eigenvalue weighted by Gasteiger charge is 2.08. The van der Waals surface area contributed by atoms with Crippen molar-refractivity contribution in [1.29, 1.82) is 0 Å². The zero-order valence-corrected chi connectivity index (χ0v) is 12.0. The lowest BCUT2D eigenvalue weighted by Gasteiger charge is -2.08. The van der Waals surface area contributed by atoms with Crippen molar-refractivity contribution in [3.63, 3.8) is 0 Å². The summed E-state index contributed by atoms with van der Waals surface area (Å²) in [6.45, 7) is 2.69. The summed E-state index contributed by atoms with van der Waals surface area (Å²) >= 11 is 2.28. The molecule has 0 aliphatic heterocycles. The van der Waals surface area contributed by atoms with Crippen LogP contribution in [0.3, 0.4) is 0 Å². The molecule has 90 valence electrons. The maximum Gasteiger partial charge on any atom is 0.181 e. The first-order chi connectivity index (χ1) is 8.20. The van der Waals surface area contributed by atoms with Gasteiger partial charge in [-0.1, -0.05) is 12.1 Å². The van der Waals surface area contributed by atoms with Crippen LogP contribution in [0.15, 0.2) is 30.6 Å². The molecule has 0 N–H and O–H groups in total. The topological polar surface area (TPSA) is 39.9 Å². The van der Waals surface area contributed by atoms with Gasteiger partial charge >= 0.3 is 0 Å². The van der Waals surface area contributed by atoms with Gasteiger partial charge in [-0.05, 0) is 41.6 Å². The SMILES string of the molecule is COCC(C)n1cnc(-c2ccc(I)cc2)n1. The lowest BCUT2D eigenvalue weighted by molar-refractivity contribution is 0.157. The molecule has 0 aliphatic carbocycles. The third kappa shape index (κ3) is 3.04. The predicted molar refractivity (Wildman–Crippen MR) is 74.8 cm³/mol. The average molecular weight is 343 g/mol. The number of aromatic nitrogens is 3. The second-order valence-electron chi connectivity index (χ2n) is 3.86. The van der Waals surface area contributed by atoms with E-state index in [2.05, 4.69) is 51.7 Å². The Morgan fingerprint density at radius 2 is 2.06 bits per heavy atom. The smallest absolute Gasteiger partial charge is 0.181 e. The molecular weight excluding hydrogens is 329 g/mol. The van der Waals surface area contributed by atoms with Crippen molar-refractivity contribution < 1.29 is 4.74 Å². The molecule has 0 spiro atoms.